The van der Waals surface area contributed by atoms with E-state index in [-0.39, 0.29) is 18.7 Å². The normalized spacial score (nSPS) is 10.7. The lowest BCUT2D eigenvalue weighted by Gasteiger charge is -2.06. The van der Waals surface area contributed by atoms with E-state index in [0.717, 1.165) is 12.1 Å². The largest absolute Gasteiger partial charge is 0.339 e. The molecule has 0 bridgehead atoms. The van der Waals surface area contributed by atoms with E-state index >= 15 is 0 Å². The highest BCUT2D eigenvalue weighted by Crippen LogP contribution is 2.21. The number of nitrogens with zero attached hydrogens (tertiary/aromatic N) is 2. The molecule has 0 radical (unpaired) electrons. The van der Waals surface area contributed by atoms with Crippen LogP contribution in [-0.4, -0.2) is 16.0 Å². The van der Waals surface area contributed by atoms with Crippen molar-refractivity contribution in [2.75, 3.05) is 5.32 Å². The van der Waals surface area contributed by atoms with Crippen molar-refractivity contribution in [3.8, 4) is 11.4 Å². The van der Waals surface area contributed by atoms with Crippen molar-refractivity contribution < 1.29 is 18.1 Å². The van der Waals surface area contributed by atoms with Crippen molar-refractivity contribution >= 4 is 23.2 Å². The quantitative estimate of drug-likeness (QED) is 0.736. The lowest BCUT2D eigenvalue weighted by molar-refractivity contribution is -0.116. The van der Waals surface area contributed by atoms with Crippen molar-refractivity contribution in [3.63, 3.8) is 0 Å². The summed E-state index contributed by atoms with van der Waals surface area (Å²) >= 11 is 5.91. The van der Waals surface area contributed by atoms with E-state index in [1.54, 1.807) is 24.3 Å². The summed E-state index contributed by atoms with van der Waals surface area (Å²) in [4.78, 5) is 16.0. The second kappa shape index (κ2) is 7.40. The van der Waals surface area contributed by atoms with Crippen LogP contribution >= 0.6 is 11.6 Å². The summed E-state index contributed by atoms with van der Waals surface area (Å²) in [5.41, 5.74) is 0.207. The van der Waals surface area contributed by atoms with Gasteiger partial charge in [0.15, 0.2) is 0 Å². The number of rotatable bonds is 5. The molecule has 0 saturated heterocycles. The number of hydrogen-bond donors (Lipinski definition) is 1. The van der Waals surface area contributed by atoms with E-state index in [4.69, 9.17) is 16.1 Å². The molecule has 3 aromatic rings. The smallest absolute Gasteiger partial charge is 0.227 e. The molecule has 3 rings (SSSR count). The van der Waals surface area contributed by atoms with Crippen molar-refractivity contribution in [3.05, 3.63) is 65.0 Å². The average Bonchev–Trinajstić information content (AvgIpc) is 3.06. The first-order valence-electron chi connectivity index (χ1n) is 7.35. The Morgan fingerprint density at radius 1 is 1.16 bits per heavy atom. The fourth-order valence-corrected chi connectivity index (χ4v) is 2.33. The van der Waals surface area contributed by atoms with Gasteiger partial charge in [-0.1, -0.05) is 35.0 Å². The maximum atomic E-state index is 13.5. The zero-order valence-corrected chi connectivity index (χ0v) is 13.6. The lowest BCUT2D eigenvalue weighted by atomic mass is 10.2. The molecule has 1 heterocycles. The summed E-state index contributed by atoms with van der Waals surface area (Å²) in [6, 6.07) is 10.3. The maximum Gasteiger partial charge on any atom is 0.227 e. The lowest BCUT2D eigenvalue weighted by Crippen LogP contribution is -2.14. The van der Waals surface area contributed by atoms with Gasteiger partial charge in [0.05, 0.1) is 0 Å². The molecule has 1 N–H and O–H groups in total. The van der Waals surface area contributed by atoms with Gasteiger partial charge in [-0.25, -0.2) is 8.78 Å². The van der Waals surface area contributed by atoms with Crippen LogP contribution in [0.4, 0.5) is 14.5 Å². The van der Waals surface area contributed by atoms with Crippen LogP contribution < -0.4 is 5.32 Å². The minimum atomic E-state index is -0.839. The number of benzene rings is 2. The molecule has 0 spiro atoms. The highest BCUT2D eigenvalue weighted by Gasteiger charge is 2.14. The predicted octanol–water partition coefficient (Wildman–Crippen LogP) is 4.24. The molecular weight excluding hydrogens is 352 g/mol. The molecule has 0 aliphatic heterocycles. The third-order valence-electron chi connectivity index (χ3n) is 3.34. The third-order valence-corrected chi connectivity index (χ3v) is 3.58. The number of aromatic nitrogens is 2. The first-order chi connectivity index (χ1) is 12.0. The van der Waals surface area contributed by atoms with E-state index in [1.165, 1.54) is 6.07 Å². The Morgan fingerprint density at radius 2 is 1.88 bits per heavy atom. The van der Waals surface area contributed by atoms with Gasteiger partial charge in [0, 0.05) is 23.4 Å². The summed E-state index contributed by atoms with van der Waals surface area (Å²) in [6.07, 6.45) is 0.0699. The van der Waals surface area contributed by atoms with Crippen LogP contribution in [0, 0.1) is 11.6 Å². The van der Waals surface area contributed by atoms with Gasteiger partial charge in [-0.2, -0.15) is 4.98 Å². The van der Waals surface area contributed by atoms with Crippen molar-refractivity contribution in [2.45, 2.75) is 12.8 Å². The zero-order chi connectivity index (χ0) is 17.8. The van der Waals surface area contributed by atoms with E-state index in [2.05, 4.69) is 15.5 Å². The van der Waals surface area contributed by atoms with Gasteiger partial charge in [0.25, 0.3) is 0 Å². The van der Waals surface area contributed by atoms with Crippen molar-refractivity contribution in [2.24, 2.45) is 0 Å². The number of hydrogen-bond acceptors (Lipinski definition) is 4. The van der Waals surface area contributed by atoms with Gasteiger partial charge in [-0.3, -0.25) is 4.79 Å². The van der Waals surface area contributed by atoms with Crippen molar-refractivity contribution in [1.29, 1.82) is 0 Å². The van der Waals surface area contributed by atoms with E-state index in [0.29, 0.717) is 16.4 Å². The van der Waals surface area contributed by atoms with E-state index in [9.17, 15) is 13.6 Å². The number of carbonyl (C=O) groups excluding carboxylic acids is 1. The Kier molecular flexibility index (Phi) is 5.04. The number of halogens is 3. The number of anilines is 1. The van der Waals surface area contributed by atoms with Gasteiger partial charge in [-0.15, -0.1) is 0 Å². The Labute approximate surface area is 146 Å². The molecule has 0 atom stereocenters. The van der Waals surface area contributed by atoms with Crippen LogP contribution in [0.3, 0.4) is 0 Å². The SMILES string of the molecule is O=C(CCc1nc(-c2cccc(Cl)c2)no1)Nc1c(F)cccc1F. The first kappa shape index (κ1) is 17.0. The molecule has 0 aliphatic rings. The Morgan fingerprint density at radius 3 is 2.60 bits per heavy atom. The number of carbonyl (C=O) groups is 1. The van der Waals surface area contributed by atoms with Crippen molar-refractivity contribution in [1.82, 2.24) is 10.1 Å². The number of para-hydroxylation sites is 1. The molecule has 128 valence electrons. The zero-order valence-electron chi connectivity index (χ0n) is 12.8. The van der Waals surface area contributed by atoms with Gasteiger partial charge in [0.2, 0.25) is 17.6 Å². The van der Waals surface area contributed by atoms with Crippen LogP contribution in [0.1, 0.15) is 12.3 Å². The molecule has 2 aromatic carbocycles. The molecule has 1 amide bonds. The second-order valence-electron chi connectivity index (χ2n) is 5.17. The molecule has 0 saturated carbocycles. The molecule has 0 unspecified atom stereocenters. The van der Waals surface area contributed by atoms with Gasteiger partial charge in [0.1, 0.15) is 17.3 Å². The van der Waals surface area contributed by atoms with Gasteiger partial charge >= 0.3 is 0 Å². The summed E-state index contributed by atoms with van der Waals surface area (Å²) in [5.74, 6) is -1.66. The molecular formula is C17H12ClF2N3O2. The predicted molar refractivity (Wildman–Crippen MR) is 88.1 cm³/mol. The van der Waals surface area contributed by atoms with Crippen LogP contribution in [0.15, 0.2) is 47.0 Å². The van der Waals surface area contributed by atoms with Crippen LogP contribution in [-0.2, 0) is 11.2 Å². The fourth-order valence-electron chi connectivity index (χ4n) is 2.14. The third kappa shape index (κ3) is 4.19. The molecule has 1 aromatic heterocycles. The van der Waals surface area contributed by atoms with E-state index in [1.807, 2.05) is 0 Å². The Bertz CT molecular complexity index is 894. The highest BCUT2D eigenvalue weighted by atomic mass is 35.5. The Balaban J connectivity index is 1.61. The van der Waals surface area contributed by atoms with Crippen LogP contribution in [0.2, 0.25) is 5.02 Å². The van der Waals surface area contributed by atoms with Gasteiger partial charge in [-0.05, 0) is 24.3 Å². The maximum absolute atomic E-state index is 13.5. The Hall–Kier alpha value is -2.80. The topological polar surface area (TPSA) is 68.0 Å². The summed E-state index contributed by atoms with van der Waals surface area (Å²) in [7, 11) is 0. The minimum absolute atomic E-state index is 0.0645. The number of nitrogens with one attached hydrogen (secondary N) is 1. The van der Waals surface area contributed by atoms with Crippen LogP contribution in [0.5, 0.6) is 0 Å². The minimum Gasteiger partial charge on any atom is -0.339 e. The molecule has 5 nitrogen and oxygen atoms in total. The average molecular weight is 364 g/mol. The van der Waals surface area contributed by atoms with Gasteiger partial charge < -0.3 is 9.84 Å². The highest BCUT2D eigenvalue weighted by molar-refractivity contribution is 6.30. The second-order valence-corrected chi connectivity index (χ2v) is 5.60. The monoisotopic (exact) mass is 363 g/mol. The van der Waals surface area contributed by atoms with E-state index < -0.39 is 23.2 Å². The number of amides is 1. The molecule has 0 fully saturated rings. The van der Waals surface area contributed by atoms with Crippen LogP contribution in [0.25, 0.3) is 11.4 Å². The fraction of sp³-hybridized carbons (Fsp3) is 0.118. The first-order valence-corrected chi connectivity index (χ1v) is 7.73. The standard InChI is InChI=1S/C17H12ClF2N3O2/c18-11-4-1-3-10(9-11)17-22-15(25-23-17)8-7-14(24)21-16-12(19)5-2-6-13(16)20/h1-6,9H,7-8H2,(H,21,24). The summed E-state index contributed by atoms with van der Waals surface area (Å²) in [6.45, 7) is 0. The molecule has 0 aliphatic carbocycles. The molecule has 25 heavy (non-hydrogen) atoms. The molecule has 8 heteroatoms. The summed E-state index contributed by atoms with van der Waals surface area (Å²) in [5, 5.41) is 6.56. The summed E-state index contributed by atoms with van der Waals surface area (Å²) < 4.78 is 32.1. The number of aryl methyl sites for hydroxylation is 1.